The van der Waals surface area contributed by atoms with Crippen molar-refractivity contribution in [3.05, 3.63) is 58.6 Å². The van der Waals surface area contributed by atoms with Crippen LogP contribution >= 0.6 is 28.1 Å². The Balaban J connectivity index is 1.70. The van der Waals surface area contributed by atoms with Crippen LogP contribution in [0.2, 0.25) is 0 Å². The zero-order chi connectivity index (χ0) is 20.6. The van der Waals surface area contributed by atoms with Gasteiger partial charge in [-0.3, -0.25) is 0 Å². The second-order valence-corrected chi connectivity index (χ2v) is 8.63. The summed E-state index contributed by atoms with van der Waals surface area (Å²) in [6, 6.07) is 13.1. The molecular formula is C21H19BrF3N3S. The van der Waals surface area contributed by atoms with Gasteiger partial charge in [0.1, 0.15) is 11.4 Å². The summed E-state index contributed by atoms with van der Waals surface area (Å²) in [6.07, 6.45) is 0.440. The maximum atomic E-state index is 13.1. The predicted octanol–water partition coefficient (Wildman–Crippen LogP) is 6.79. The van der Waals surface area contributed by atoms with Crippen molar-refractivity contribution >= 4 is 50.5 Å². The first-order valence-corrected chi connectivity index (χ1v) is 10.6. The molecule has 0 amide bonds. The highest BCUT2D eigenvalue weighted by Gasteiger charge is 2.49. The van der Waals surface area contributed by atoms with Crippen molar-refractivity contribution < 1.29 is 13.2 Å². The summed E-state index contributed by atoms with van der Waals surface area (Å²) in [4.78, 5) is 6.66. The van der Waals surface area contributed by atoms with E-state index in [4.69, 9.17) is 12.2 Å². The van der Waals surface area contributed by atoms with Gasteiger partial charge < -0.3 is 10.2 Å². The van der Waals surface area contributed by atoms with Gasteiger partial charge in [-0.05, 0) is 67.5 Å². The van der Waals surface area contributed by atoms with Gasteiger partial charge in [0.25, 0.3) is 0 Å². The molecule has 152 valence electrons. The first kappa shape index (κ1) is 20.3. The lowest BCUT2D eigenvalue weighted by atomic mass is 9.79. The Kier molecular flexibility index (Phi) is 5.42. The third-order valence-electron chi connectivity index (χ3n) is 5.49. The Morgan fingerprint density at radius 3 is 2.38 bits per heavy atom. The van der Waals surface area contributed by atoms with Crippen LogP contribution in [-0.2, 0) is 6.18 Å². The van der Waals surface area contributed by atoms with Gasteiger partial charge in [0.15, 0.2) is 0 Å². The summed E-state index contributed by atoms with van der Waals surface area (Å²) in [5.74, 6) is 0.629. The Morgan fingerprint density at radius 2 is 1.72 bits per heavy atom. The molecule has 1 saturated carbocycles. The third-order valence-corrected chi connectivity index (χ3v) is 6.29. The van der Waals surface area contributed by atoms with Crippen molar-refractivity contribution in [1.82, 2.24) is 0 Å². The number of thiocarbonyl (C=S) groups is 1. The molecule has 1 aliphatic carbocycles. The number of anilines is 2. The van der Waals surface area contributed by atoms with Crippen LogP contribution in [0.5, 0.6) is 0 Å². The third kappa shape index (κ3) is 3.92. The van der Waals surface area contributed by atoms with E-state index in [-0.39, 0.29) is 0 Å². The number of benzene rings is 2. The summed E-state index contributed by atoms with van der Waals surface area (Å²) in [6.45, 7) is 0. The predicted molar refractivity (Wildman–Crippen MR) is 118 cm³/mol. The Labute approximate surface area is 181 Å². The van der Waals surface area contributed by atoms with Gasteiger partial charge in [-0.25, -0.2) is 4.99 Å². The van der Waals surface area contributed by atoms with E-state index in [0.29, 0.717) is 16.6 Å². The minimum atomic E-state index is -4.39. The first-order valence-electron chi connectivity index (χ1n) is 9.43. The summed E-state index contributed by atoms with van der Waals surface area (Å²) in [5, 5.41) is 3.60. The zero-order valence-electron chi connectivity index (χ0n) is 15.5. The van der Waals surface area contributed by atoms with Gasteiger partial charge in [-0.15, -0.1) is 0 Å². The molecule has 8 heteroatoms. The number of alkyl halides is 3. The van der Waals surface area contributed by atoms with Crippen LogP contribution in [0.4, 0.5) is 24.5 Å². The summed E-state index contributed by atoms with van der Waals surface area (Å²) in [5.41, 5.74) is 0.150. The zero-order valence-corrected chi connectivity index (χ0v) is 17.9. The molecule has 2 aromatic rings. The molecule has 3 nitrogen and oxygen atoms in total. The summed E-state index contributed by atoms with van der Waals surface area (Å²) < 4.78 is 40.3. The van der Waals surface area contributed by atoms with E-state index in [2.05, 4.69) is 31.1 Å². The number of nitrogens with zero attached hydrogens (tertiary/aromatic N) is 2. The second-order valence-electron chi connectivity index (χ2n) is 7.35. The number of nitrogens with one attached hydrogen (secondary N) is 1. The lowest BCUT2D eigenvalue weighted by Gasteiger charge is -2.43. The van der Waals surface area contributed by atoms with Gasteiger partial charge in [-0.2, -0.15) is 13.2 Å². The Hall–Kier alpha value is -1.93. The molecule has 0 unspecified atom stereocenters. The van der Waals surface area contributed by atoms with E-state index in [9.17, 15) is 13.2 Å². The molecule has 1 spiro atoms. The van der Waals surface area contributed by atoms with E-state index in [0.717, 1.165) is 54.4 Å². The maximum absolute atomic E-state index is 13.1. The second kappa shape index (κ2) is 7.72. The van der Waals surface area contributed by atoms with Crippen molar-refractivity contribution in [1.29, 1.82) is 0 Å². The van der Waals surface area contributed by atoms with Gasteiger partial charge in [0.2, 0.25) is 5.11 Å². The average molecular weight is 482 g/mol. The number of hydrogen-bond donors (Lipinski definition) is 1. The molecule has 2 aliphatic rings. The van der Waals surface area contributed by atoms with E-state index >= 15 is 0 Å². The van der Waals surface area contributed by atoms with Crippen LogP contribution in [0.25, 0.3) is 0 Å². The topological polar surface area (TPSA) is 27.6 Å². The molecule has 0 saturated heterocycles. The maximum Gasteiger partial charge on any atom is 0.416 e. The summed E-state index contributed by atoms with van der Waals surface area (Å²) >= 11 is 9.05. The monoisotopic (exact) mass is 481 g/mol. The molecule has 0 aromatic heterocycles. The number of rotatable bonds is 2. The van der Waals surface area contributed by atoms with Crippen molar-refractivity contribution in [2.45, 2.75) is 43.8 Å². The average Bonchev–Trinajstić information content (AvgIpc) is 2.93. The van der Waals surface area contributed by atoms with Crippen molar-refractivity contribution in [2.24, 2.45) is 4.99 Å². The number of aliphatic imine (C=N–C) groups is 1. The SMILES string of the molecule is FC(F)(F)c1cccc(NC2=NC(=S)N(c3ccc(Br)cc3)C23CCCCC3)c1. The molecule has 29 heavy (non-hydrogen) atoms. The van der Waals surface area contributed by atoms with E-state index in [1.807, 2.05) is 24.3 Å². The van der Waals surface area contributed by atoms with Crippen molar-refractivity contribution in [3.63, 3.8) is 0 Å². The van der Waals surface area contributed by atoms with Crippen molar-refractivity contribution in [2.75, 3.05) is 10.2 Å². The van der Waals surface area contributed by atoms with Crippen LogP contribution in [0.15, 0.2) is 58.0 Å². The largest absolute Gasteiger partial charge is 0.416 e. The smallest absolute Gasteiger partial charge is 0.342 e. The Morgan fingerprint density at radius 1 is 1.03 bits per heavy atom. The lowest BCUT2D eigenvalue weighted by molar-refractivity contribution is -0.137. The molecule has 2 aromatic carbocycles. The lowest BCUT2D eigenvalue weighted by Crippen LogP contribution is -2.55. The summed E-state index contributed by atoms with van der Waals surface area (Å²) in [7, 11) is 0. The van der Waals surface area contributed by atoms with E-state index in [1.165, 1.54) is 6.07 Å². The number of halogens is 4. The number of hydrogen-bond acceptors (Lipinski definition) is 2. The molecule has 1 N–H and O–H groups in total. The Bertz CT molecular complexity index is 950. The van der Waals surface area contributed by atoms with Gasteiger partial charge >= 0.3 is 6.18 Å². The van der Waals surface area contributed by atoms with Crippen LogP contribution in [0, 0.1) is 0 Å². The normalized spacial score (nSPS) is 18.8. The highest BCUT2D eigenvalue weighted by atomic mass is 79.9. The van der Waals surface area contributed by atoms with E-state index < -0.39 is 17.3 Å². The first-order chi connectivity index (χ1) is 13.8. The molecule has 4 rings (SSSR count). The highest BCUT2D eigenvalue weighted by molar-refractivity contribution is 9.10. The fourth-order valence-electron chi connectivity index (χ4n) is 4.14. The van der Waals surface area contributed by atoms with Crippen LogP contribution < -0.4 is 10.2 Å². The minimum absolute atomic E-state index is 0.365. The van der Waals surface area contributed by atoms with Crippen LogP contribution in [-0.4, -0.2) is 16.5 Å². The van der Waals surface area contributed by atoms with Crippen molar-refractivity contribution in [3.8, 4) is 0 Å². The van der Waals surface area contributed by atoms with Crippen LogP contribution in [0.1, 0.15) is 37.7 Å². The number of amidine groups is 1. The molecule has 1 aliphatic heterocycles. The highest BCUT2D eigenvalue weighted by Crippen LogP contribution is 2.42. The molecule has 0 bridgehead atoms. The standard InChI is InChI=1S/C21H19BrF3N3S/c22-15-7-9-17(10-8-15)28-19(29)27-18(20(28)11-2-1-3-12-20)26-16-6-4-5-14(13-16)21(23,24)25/h4-10,13H,1-3,11-12H2,(H,26,27,29). The quantitative estimate of drug-likeness (QED) is 0.478. The fraction of sp³-hybridized carbons (Fsp3) is 0.333. The molecular weight excluding hydrogens is 463 g/mol. The fourth-order valence-corrected chi connectivity index (χ4v) is 4.77. The van der Waals surface area contributed by atoms with Gasteiger partial charge in [0, 0.05) is 15.8 Å². The molecule has 0 radical (unpaired) electrons. The molecule has 1 heterocycles. The minimum Gasteiger partial charge on any atom is -0.342 e. The van der Waals surface area contributed by atoms with E-state index in [1.54, 1.807) is 6.07 Å². The molecule has 0 atom stereocenters. The van der Waals surface area contributed by atoms with Crippen LogP contribution in [0.3, 0.4) is 0 Å². The van der Waals surface area contributed by atoms with Gasteiger partial charge in [-0.1, -0.05) is 41.3 Å². The van der Waals surface area contributed by atoms with Gasteiger partial charge in [0.05, 0.1) is 5.56 Å². The molecule has 1 fully saturated rings.